The molecule has 1 amide bonds. The molecule has 0 atom stereocenters. The largest absolute Gasteiger partial charge is 0.513 e. The molecule has 1 aromatic heterocycles. The normalized spacial score (nSPS) is 10.8. The summed E-state index contributed by atoms with van der Waals surface area (Å²) in [7, 11) is 0. The number of thiophene rings is 1. The van der Waals surface area contributed by atoms with Gasteiger partial charge >= 0.3 is 12.1 Å². The summed E-state index contributed by atoms with van der Waals surface area (Å²) in [6, 6.07) is 17.5. The highest BCUT2D eigenvalue weighted by atomic mass is 32.1. The lowest BCUT2D eigenvalue weighted by atomic mass is 10.1. The molecule has 1 N–H and O–H groups in total. The number of hydrogen-bond acceptors (Lipinski definition) is 6. The minimum atomic E-state index is -1.58. The monoisotopic (exact) mass is 509 g/mol. The maximum atomic E-state index is 13.3. The summed E-state index contributed by atoms with van der Waals surface area (Å²) in [6.07, 6.45) is 0.470. The molecule has 0 spiro atoms. The van der Waals surface area contributed by atoms with Gasteiger partial charge in [-0.15, -0.1) is 0 Å². The van der Waals surface area contributed by atoms with E-state index in [0.29, 0.717) is 30.9 Å². The van der Waals surface area contributed by atoms with Crippen molar-refractivity contribution in [3.05, 3.63) is 76.5 Å². The van der Waals surface area contributed by atoms with Gasteiger partial charge in [-0.1, -0.05) is 24.3 Å². The van der Waals surface area contributed by atoms with Gasteiger partial charge in [-0.2, -0.15) is 11.3 Å². The van der Waals surface area contributed by atoms with E-state index in [1.807, 2.05) is 72.7 Å². The molecule has 0 aliphatic rings. The van der Waals surface area contributed by atoms with Crippen molar-refractivity contribution in [1.29, 1.82) is 0 Å². The third-order valence-corrected chi connectivity index (χ3v) is 6.30. The van der Waals surface area contributed by atoms with Gasteiger partial charge in [-0.25, -0.2) is 4.79 Å². The van der Waals surface area contributed by atoms with Crippen molar-refractivity contribution < 1.29 is 29.0 Å². The van der Waals surface area contributed by atoms with Gasteiger partial charge in [0.2, 0.25) is 0 Å². The Hall–Kier alpha value is -3.65. The topological polar surface area (TPSA) is 93.1 Å². The van der Waals surface area contributed by atoms with Gasteiger partial charge in [-0.3, -0.25) is 9.59 Å². The molecule has 0 bridgehead atoms. The van der Waals surface area contributed by atoms with Crippen LogP contribution in [-0.2, 0) is 16.1 Å². The van der Waals surface area contributed by atoms with Crippen LogP contribution in [0.4, 0.5) is 4.79 Å². The summed E-state index contributed by atoms with van der Waals surface area (Å²) in [4.78, 5) is 36.7. The molecule has 0 saturated carbocycles. The SMILES string of the molecule is CC(C)N(Cc1cccc(OCCCCCC(=O)OC(=O)O)c1)C(=O)c1ccc(-c2ccsc2)cc1. The second-order valence-corrected chi connectivity index (χ2v) is 9.44. The molecule has 0 radical (unpaired) electrons. The van der Waals surface area contributed by atoms with Gasteiger partial charge in [0, 0.05) is 24.6 Å². The Bertz CT molecular complexity index is 1140. The highest BCUT2D eigenvalue weighted by Gasteiger charge is 2.19. The molecule has 2 aromatic carbocycles. The highest BCUT2D eigenvalue weighted by Crippen LogP contribution is 2.24. The molecular formula is C28H31NO6S. The van der Waals surface area contributed by atoms with Gasteiger partial charge < -0.3 is 19.5 Å². The fraction of sp³-hybridized carbons (Fsp3) is 0.321. The Morgan fingerprint density at radius 2 is 1.75 bits per heavy atom. The second-order valence-electron chi connectivity index (χ2n) is 8.66. The lowest BCUT2D eigenvalue weighted by Gasteiger charge is -2.27. The van der Waals surface area contributed by atoms with Gasteiger partial charge in [0.05, 0.1) is 6.61 Å². The van der Waals surface area contributed by atoms with Gasteiger partial charge in [-0.05, 0) is 90.9 Å². The zero-order valence-electron chi connectivity index (χ0n) is 20.5. The van der Waals surface area contributed by atoms with Crippen LogP contribution in [0.1, 0.15) is 55.5 Å². The van der Waals surface area contributed by atoms with Gasteiger partial charge in [0.15, 0.2) is 0 Å². The fourth-order valence-electron chi connectivity index (χ4n) is 3.71. The molecule has 0 unspecified atom stereocenters. The van der Waals surface area contributed by atoms with Crippen LogP contribution in [0.2, 0.25) is 0 Å². The number of ether oxygens (including phenoxy) is 2. The first kappa shape index (κ1) is 26.9. The van der Waals surface area contributed by atoms with E-state index in [0.717, 1.165) is 29.5 Å². The minimum absolute atomic E-state index is 0.0189. The van der Waals surface area contributed by atoms with E-state index in [1.165, 1.54) is 0 Å². The van der Waals surface area contributed by atoms with Crippen molar-refractivity contribution in [3.63, 3.8) is 0 Å². The number of rotatable bonds is 12. The summed E-state index contributed by atoms with van der Waals surface area (Å²) >= 11 is 1.65. The summed E-state index contributed by atoms with van der Waals surface area (Å²) in [5, 5.41) is 12.5. The van der Waals surface area contributed by atoms with Crippen molar-refractivity contribution >= 4 is 29.4 Å². The lowest BCUT2D eigenvalue weighted by molar-refractivity contribution is -0.139. The number of unbranched alkanes of at least 4 members (excludes halogenated alkanes) is 2. The van der Waals surface area contributed by atoms with E-state index in [-0.39, 0.29) is 18.4 Å². The van der Waals surface area contributed by atoms with Crippen LogP contribution < -0.4 is 4.74 Å². The Morgan fingerprint density at radius 3 is 2.42 bits per heavy atom. The van der Waals surface area contributed by atoms with Crippen LogP contribution in [0.15, 0.2) is 65.4 Å². The summed E-state index contributed by atoms with van der Waals surface area (Å²) in [6.45, 7) is 4.95. The average molecular weight is 510 g/mol. The predicted octanol–water partition coefficient (Wildman–Crippen LogP) is 6.63. The van der Waals surface area contributed by atoms with Crippen LogP contribution in [0.3, 0.4) is 0 Å². The fourth-order valence-corrected chi connectivity index (χ4v) is 4.37. The number of carbonyl (C=O) groups excluding carboxylic acids is 2. The maximum absolute atomic E-state index is 13.3. The van der Waals surface area contributed by atoms with Crippen LogP contribution >= 0.6 is 11.3 Å². The van der Waals surface area contributed by atoms with Crippen molar-refractivity contribution in [2.75, 3.05) is 6.61 Å². The zero-order valence-corrected chi connectivity index (χ0v) is 21.3. The molecule has 1 heterocycles. The number of hydrogen-bond donors (Lipinski definition) is 1. The van der Waals surface area contributed by atoms with Crippen molar-refractivity contribution in [2.24, 2.45) is 0 Å². The molecule has 0 aliphatic heterocycles. The minimum Gasteiger partial charge on any atom is -0.494 e. The van der Waals surface area contributed by atoms with E-state index in [2.05, 4.69) is 16.2 Å². The number of amides is 1. The van der Waals surface area contributed by atoms with Gasteiger partial charge in [0.1, 0.15) is 5.75 Å². The van der Waals surface area contributed by atoms with Crippen LogP contribution in [0.25, 0.3) is 11.1 Å². The number of carbonyl (C=O) groups is 3. The molecule has 190 valence electrons. The number of carboxylic acid groups (broad SMARTS) is 1. The summed E-state index contributed by atoms with van der Waals surface area (Å²) < 4.78 is 9.91. The first-order valence-electron chi connectivity index (χ1n) is 11.9. The first-order chi connectivity index (χ1) is 17.3. The highest BCUT2D eigenvalue weighted by molar-refractivity contribution is 7.08. The predicted molar refractivity (Wildman–Crippen MR) is 139 cm³/mol. The standard InChI is InChI=1S/C28H31NO6S/c1-20(2)29(27(31)23-12-10-22(11-13-23)24-14-16-36-19-24)18-21-7-6-8-25(17-21)34-15-5-3-4-9-26(30)35-28(32)33/h6-8,10-14,16-17,19-20H,3-5,9,15,18H2,1-2H3,(H,32,33). The van der Waals surface area contributed by atoms with E-state index >= 15 is 0 Å². The summed E-state index contributed by atoms with van der Waals surface area (Å²) in [5.41, 5.74) is 3.87. The van der Waals surface area contributed by atoms with Crippen molar-refractivity contribution in [2.45, 2.75) is 52.1 Å². The quantitative estimate of drug-likeness (QED) is 0.167. The van der Waals surface area contributed by atoms with Gasteiger partial charge in [0.25, 0.3) is 5.91 Å². The lowest BCUT2D eigenvalue weighted by Crippen LogP contribution is -2.36. The number of esters is 1. The second kappa shape index (κ2) is 13.4. The van der Waals surface area contributed by atoms with E-state index in [1.54, 1.807) is 11.3 Å². The molecule has 36 heavy (non-hydrogen) atoms. The molecule has 3 rings (SSSR count). The van der Waals surface area contributed by atoms with Crippen LogP contribution in [0, 0.1) is 0 Å². The zero-order chi connectivity index (χ0) is 25.9. The average Bonchev–Trinajstić information content (AvgIpc) is 3.39. The Labute approximate surface area is 215 Å². The molecule has 3 aromatic rings. The molecule has 0 aliphatic carbocycles. The molecule has 8 heteroatoms. The third kappa shape index (κ3) is 8.23. The Morgan fingerprint density at radius 1 is 0.972 bits per heavy atom. The maximum Gasteiger partial charge on any atom is 0.513 e. The smallest absolute Gasteiger partial charge is 0.494 e. The van der Waals surface area contributed by atoms with Crippen LogP contribution in [0.5, 0.6) is 5.75 Å². The molecule has 0 saturated heterocycles. The number of benzene rings is 2. The van der Waals surface area contributed by atoms with E-state index in [4.69, 9.17) is 9.84 Å². The summed E-state index contributed by atoms with van der Waals surface area (Å²) in [5.74, 6) is -0.0394. The van der Waals surface area contributed by atoms with Crippen molar-refractivity contribution in [1.82, 2.24) is 4.90 Å². The number of nitrogens with zero attached hydrogens (tertiary/aromatic N) is 1. The molecule has 7 nitrogen and oxygen atoms in total. The third-order valence-electron chi connectivity index (χ3n) is 5.62. The molecular weight excluding hydrogens is 478 g/mol. The first-order valence-corrected chi connectivity index (χ1v) is 12.9. The Kier molecular flexibility index (Phi) is 10.1. The van der Waals surface area contributed by atoms with E-state index < -0.39 is 12.1 Å². The van der Waals surface area contributed by atoms with Crippen molar-refractivity contribution in [3.8, 4) is 16.9 Å². The molecule has 0 fully saturated rings. The van der Waals surface area contributed by atoms with Crippen LogP contribution in [-0.4, -0.2) is 40.7 Å². The van der Waals surface area contributed by atoms with E-state index in [9.17, 15) is 14.4 Å². The Balaban J connectivity index is 1.52.